The van der Waals surface area contributed by atoms with E-state index in [0.29, 0.717) is 6.04 Å². The van der Waals surface area contributed by atoms with Crippen LogP contribution in [0.2, 0.25) is 0 Å². The van der Waals surface area contributed by atoms with Crippen molar-refractivity contribution in [2.45, 2.75) is 43.5 Å². The zero-order chi connectivity index (χ0) is 17.8. The monoisotopic (exact) mass is 368 g/mol. The minimum absolute atomic E-state index is 0.596. The van der Waals surface area contributed by atoms with Crippen LogP contribution in [-0.4, -0.2) is 53.1 Å². The van der Waals surface area contributed by atoms with Crippen LogP contribution >= 0.6 is 11.8 Å². The Kier molecular flexibility index (Phi) is 5.75. The van der Waals surface area contributed by atoms with E-state index in [-0.39, 0.29) is 0 Å². The van der Waals surface area contributed by atoms with Crippen molar-refractivity contribution in [3.8, 4) is 11.3 Å². The smallest absolute Gasteiger partial charge is 0.151 e. The van der Waals surface area contributed by atoms with Crippen LogP contribution in [0.1, 0.15) is 32.6 Å². The van der Waals surface area contributed by atoms with Gasteiger partial charge in [-0.3, -0.25) is 0 Å². The molecule has 4 nitrogen and oxygen atoms in total. The van der Waals surface area contributed by atoms with Gasteiger partial charge in [-0.2, -0.15) is 0 Å². The number of hydrogen-bond donors (Lipinski definition) is 0. The molecule has 0 aliphatic carbocycles. The molecule has 2 aromatic rings. The number of nitrogens with zero attached hydrogens (tertiary/aromatic N) is 4. The first-order chi connectivity index (χ1) is 12.8. The lowest BCUT2D eigenvalue weighted by molar-refractivity contribution is 0.313. The maximum atomic E-state index is 4.57. The summed E-state index contributed by atoms with van der Waals surface area (Å²) in [4.78, 5) is 6.39. The molecule has 5 heteroatoms. The summed E-state index contributed by atoms with van der Waals surface area (Å²) in [6.45, 7) is 7.00. The highest BCUT2D eigenvalue weighted by molar-refractivity contribution is 7.99. The van der Waals surface area contributed by atoms with Gasteiger partial charge in [-0.15, -0.1) is 22.0 Å². The van der Waals surface area contributed by atoms with Crippen LogP contribution in [-0.2, 0) is 0 Å². The van der Waals surface area contributed by atoms with Gasteiger partial charge in [-0.05, 0) is 68.8 Å². The zero-order valence-corrected chi connectivity index (χ0v) is 16.4. The first-order valence-electron chi connectivity index (χ1n) is 9.89. The molecule has 1 aromatic heterocycles. The lowest BCUT2D eigenvalue weighted by atomic mass is 10.1. The fourth-order valence-electron chi connectivity index (χ4n) is 4.11. The molecular weight excluding hydrogens is 340 g/mol. The van der Waals surface area contributed by atoms with E-state index in [9.17, 15) is 0 Å². The third-order valence-corrected chi connectivity index (χ3v) is 6.34. The molecule has 0 bridgehead atoms. The Bertz CT molecular complexity index is 695. The van der Waals surface area contributed by atoms with Crippen molar-refractivity contribution in [3.63, 3.8) is 0 Å². The Labute approximate surface area is 161 Å². The van der Waals surface area contributed by atoms with Gasteiger partial charge in [0.2, 0.25) is 0 Å². The normalized spacial score (nSPS) is 20.8. The molecule has 138 valence electrons. The highest BCUT2D eigenvalue weighted by atomic mass is 32.2. The number of likely N-dealkylation sites (tertiary alicyclic amines) is 1. The van der Waals surface area contributed by atoms with Crippen molar-refractivity contribution in [2.75, 3.05) is 36.8 Å². The second-order valence-corrected chi connectivity index (χ2v) is 8.57. The Hall–Kier alpha value is -1.59. The zero-order valence-electron chi connectivity index (χ0n) is 15.6. The first kappa shape index (κ1) is 17.8. The summed E-state index contributed by atoms with van der Waals surface area (Å²) in [5, 5.41) is 9.10. The van der Waals surface area contributed by atoms with Gasteiger partial charge in [0, 0.05) is 29.6 Å². The van der Waals surface area contributed by atoms with Crippen molar-refractivity contribution >= 4 is 17.6 Å². The maximum Gasteiger partial charge on any atom is 0.151 e. The van der Waals surface area contributed by atoms with Crippen LogP contribution < -0.4 is 4.90 Å². The molecule has 2 fully saturated rings. The van der Waals surface area contributed by atoms with Gasteiger partial charge in [0.15, 0.2) is 5.82 Å². The SMILES string of the molecule is CCSc1ccc(-c2ccc(N3CCCC3CN3CCCC3)nn2)cc1. The Morgan fingerprint density at radius 2 is 1.77 bits per heavy atom. The van der Waals surface area contributed by atoms with E-state index >= 15 is 0 Å². The predicted octanol–water partition coefficient (Wildman–Crippen LogP) is 4.32. The number of benzene rings is 1. The standard InChI is InChI=1S/C21H28N4S/c1-2-26-19-9-7-17(8-10-19)20-11-12-21(23-22-20)25-15-5-6-18(25)16-24-13-3-4-14-24/h7-12,18H,2-6,13-16H2,1H3. The topological polar surface area (TPSA) is 32.3 Å². The average Bonchev–Trinajstić information content (AvgIpc) is 3.35. The van der Waals surface area contributed by atoms with Gasteiger partial charge in [-0.1, -0.05) is 19.1 Å². The van der Waals surface area contributed by atoms with Gasteiger partial charge < -0.3 is 9.80 Å². The average molecular weight is 369 g/mol. The molecule has 0 N–H and O–H groups in total. The molecule has 2 aliphatic rings. The van der Waals surface area contributed by atoms with Crippen LogP contribution in [0.15, 0.2) is 41.3 Å². The summed E-state index contributed by atoms with van der Waals surface area (Å²) in [5.41, 5.74) is 2.09. The fraction of sp³-hybridized carbons (Fsp3) is 0.524. The second-order valence-electron chi connectivity index (χ2n) is 7.23. The van der Waals surface area contributed by atoms with Crippen molar-refractivity contribution in [2.24, 2.45) is 0 Å². The summed E-state index contributed by atoms with van der Waals surface area (Å²) in [6.07, 6.45) is 5.25. The molecular formula is C21H28N4S. The Morgan fingerprint density at radius 1 is 0.962 bits per heavy atom. The van der Waals surface area contributed by atoms with Crippen LogP contribution in [0, 0.1) is 0 Å². The van der Waals surface area contributed by atoms with Crippen molar-refractivity contribution in [1.29, 1.82) is 0 Å². The van der Waals surface area contributed by atoms with Crippen LogP contribution in [0.4, 0.5) is 5.82 Å². The van der Waals surface area contributed by atoms with Gasteiger partial charge in [0.1, 0.15) is 0 Å². The first-order valence-corrected chi connectivity index (χ1v) is 10.9. The lowest BCUT2D eigenvalue weighted by Crippen LogP contribution is -2.39. The van der Waals surface area contributed by atoms with E-state index in [1.54, 1.807) is 0 Å². The van der Waals surface area contributed by atoms with Crippen LogP contribution in [0.5, 0.6) is 0 Å². The molecule has 26 heavy (non-hydrogen) atoms. The second kappa shape index (κ2) is 8.40. The van der Waals surface area contributed by atoms with Crippen molar-refractivity contribution in [3.05, 3.63) is 36.4 Å². The number of rotatable bonds is 6. The molecule has 0 saturated carbocycles. The van der Waals surface area contributed by atoms with E-state index in [2.05, 4.69) is 63.3 Å². The Balaban J connectivity index is 1.44. The number of thioether (sulfide) groups is 1. The number of anilines is 1. The molecule has 3 heterocycles. The third-order valence-electron chi connectivity index (χ3n) is 5.45. The van der Waals surface area contributed by atoms with Crippen LogP contribution in [0.25, 0.3) is 11.3 Å². The molecule has 1 atom stereocenters. The van der Waals surface area contributed by atoms with E-state index < -0.39 is 0 Å². The van der Waals surface area contributed by atoms with Gasteiger partial charge in [-0.25, -0.2) is 0 Å². The number of hydrogen-bond acceptors (Lipinski definition) is 5. The van der Waals surface area contributed by atoms with Gasteiger partial charge >= 0.3 is 0 Å². The highest BCUT2D eigenvalue weighted by Gasteiger charge is 2.28. The molecule has 0 spiro atoms. The van der Waals surface area contributed by atoms with Crippen molar-refractivity contribution < 1.29 is 0 Å². The Morgan fingerprint density at radius 3 is 2.46 bits per heavy atom. The summed E-state index contributed by atoms with van der Waals surface area (Å²) < 4.78 is 0. The molecule has 4 rings (SSSR count). The van der Waals surface area contributed by atoms with Gasteiger partial charge in [0.05, 0.1) is 5.69 Å². The molecule has 2 saturated heterocycles. The molecule has 0 amide bonds. The molecule has 0 radical (unpaired) electrons. The van der Waals surface area contributed by atoms with Crippen molar-refractivity contribution in [1.82, 2.24) is 15.1 Å². The number of aromatic nitrogens is 2. The summed E-state index contributed by atoms with van der Waals surface area (Å²) in [7, 11) is 0. The summed E-state index contributed by atoms with van der Waals surface area (Å²) in [6, 6.07) is 13.5. The quantitative estimate of drug-likeness (QED) is 0.709. The third kappa shape index (κ3) is 4.04. The fourth-order valence-corrected chi connectivity index (χ4v) is 4.77. The van der Waals surface area contributed by atoms with Crippen LogP contribution in [0.3, 0.4) is 0 Å². The summed E-state index contributed by atoms with van der Waals surface area (Å²) >= 11 is 1.86. The lowest BCUT2D eigenvalue weighted by Gasteiger charge is -2.29. The highest BCUT2D eigenvalue weighted by Crippen LogP contribution is 2.27. The summed E-state index contributed by atoms with van der Waals surface area (Å²) in [5.74, 6) is 2.14. The van der Waals surface area contributed by atoms with E-state index in [0.717, 1.165) is 29.4 Å². The maximum absolute atomic E-state index is 4.57. The van der Waals surface area contributed by atoms with Gasteiger partial charge in [0.25, 0.3) is 0 Å². The molecule has 1 unspecified atom stereocenters. The largest absolute Gasteiger partial charge is 0.351 e. The molecule has 1 aromatic carbocycles. The molecule has 2 aliphatic heterocycles. The van der Waals surface area contributed by atoms with E-state index in [1.165, 1.54) is 50.2 Å². The predicted molar refractivity (Wildman–Crippen MR) is 110 cm³/mol. The minimum Gasteiger partial charge on any atom is -0.351 e. The van der Waals surface area contributed by atoms with E-state index in [4.69, 9.17) is 0 Å². The minimum atomic E-state index is 0.596. The van der Waals surface area contributed by atoms with E-state index in [1.807, 2.05) is 11.8 Å².